The van der Waals surface area contributed by atoms with Crippen LogP contribution in [-0.4, -0.2) is 30.1 Å². The number of nitrogens with zero attached hydrogens (tertiary/aromatic N) is 1. The van der Waals surface area contributed by atoms with E-state index in [0.29, 0.717) is 47.5 Å². The van der Waals surface area contributed by atoms with Crippen LogP contribution in [0, 0.1) is 0 Å². The Hall–Kier alpha value is -2.64. The SMILES string of the molecule is CCOC(=O)c1ccc2nc(NC(=O)CCCOc3ccc(Cl)cc3)sc2c1. The van der Waals surface area contributed by atoms with E-state index in [9.17, 15) is 9.59 Å². The zero-order chi connectivity index (χ0) is 19.9. The Morgan fingerprint density at radius 3 is 2.71 bits per heavy atom. The molecule has 0 aliphatic heterocycles. The number of nitrogens with one attached hydrogen (secondary N) is 1. The fourth-order valence-corrected chi connectivity index (χ4v) is 3.50. The quantitative estimate of drug-likeness (QED) is 0.414. The molecule has 0 aliphatic rings. The van der Waals surface area contributed by atoms with Crippen LogP contribution < -0.4 is 10.1 Å². The van der Waals surface area contributed by atoms with Crippen LogP contribution in [-0.2, 0) is 9.53 Å². The van der Waals surface area contributed by atoms with Crippen molar-refractivity contribution in [2.45, 2.75) is 19.8 Å². The van der Waals surface area contributed by atoms with Crippen LogP contribution in [0.2, 0.25) is 5.02 Å². The largest absolute Gasteiger partial charge is 0.494 e. The molecule has 2 aromatic carbocycles. The van der Waals surface area contributed by atoms with Gasteiger partial charge < -0.3 is 14.8 Å². The van der Waals surface area contributed by atoms with Crippen LogP contribution in [0.3, 0.4) is 0 Å². The van der Waals surface area contributed by atoms with Gasteiger partial charge in [0.15, 0.2) is 5.13 Å². The molecule has 1 amide bonds. The average Bonchev–Trinajstić information content (AvgIpc) is 3.08. The van der Waals surface area contributed by atoms with E-state index in [2.05, 4.69) is 10.3 Å². The summed E-state index contributed by atoms with van der Waals surface area (Å²) in [7, 11) is 0. The Bertz CT molecular complexity index is 972. The Morgan fingerprint density at radius 1 is 1.18 bits per heavy atom. The number of ether oxygens (including phenoxy) is 2. The molecule has 0 radical (unpaired) electrons. The van der Waals surface area contributed by atoms with Gasteiger partial charge in [0.05, 0.1) is 29.0 Å². The molecule has 0 atom stereocenters. The maximum Gasteiger partial charge on any atom is 0.338 e. The van der Waals surface area contributed by atoms with Gasteiger partial charge in [0.2, 0.25) is 5.91 Å². The fraction of sp³-hybridized carbons (Fsp3) is 0.250. The molecule has 3 aromatic rings. The number of thiazole rings is 1. The zero-order valence-electron chi connectivity index (χ0n) is 15.2. The maximum absolute atomic E-state index is 12.1. The molecular formula is C20H19ClN2O4S. The highest BCUT2D eigenvalue weighted by atomic mass is 35.5. The predicted molar refractivity (Wildman–Crippen MR) is 110 cm³/mol. The zero-order valence-corrected chi connectivity index (χ0v) is 16.8. The lowest BCUT2D eigenvalue weighted by Crippen LogP contribution is -2.12. The van der Waals surface area contributed by atoms with E-state index in [0.717, 1.165) is 10.2 Å². The summed E-state index contributed by atoms with van der Waals surface area (Å²) >= 11 is 7.14. The number of rotatable bonds is 8. The first-order valence-electron chi connectivity index (χ1n) is 8.81. The topological polar surface area (TPSA) is 77.5 Å². The van der Waals surface area contributed by atoms with Gasteiger partial charge in [-0.15, -0.1) is 0 Å². The second-order valence-corrected chi connectivity index (χ2v) is 7.34. The number of anilines is 1. The van der Waals surface area contributed by atoms with Crippen LogP contribution in [0.25, 0.3) is 10.2 Å². The van der Waals surface area contributed by atoms with Gasteiger partial charge in [-0.3, -0.25) is 4.79 Å². The van der Waals surface area contributed by atoms with Gasteiger partial charge in [-0.05, 0) is 55.8 Å². The summed E-state index contributed by atoms with van der Waals surface area (Å²) in [5.41, 5.74) is 1.19. The lowest BCUT2D eigenvalue weighted by atomic mass is 10.2. The molecule has 28 heavy (non-hydrogen) atoms. The number of fused-ring (bicyclic) bond motifs is 1. The number of halogens is 1. The van der Waals surface area contributed by atoms with Gasteiger partial charge in [-0.1, -0.05) is 22.9 Å². The van der Waals surface area contributed by atoms with E-state index in [1.165, 1.54) is 11.3 Å². The number of carbonyl (C=O) groups excluding carboxylic acids is 2. The number of hydrogen-bond donors (Lipinski definition) is 1. The highest BCUT2D eigenvalue weighted by Gasteiger charge is 2.12. The van der Waals surface area contributed by atoms with Crippen molar-refractivity contribution in [2.24, 2.45) is 0 Å². The van der Waals surface area contributed by atoms with E-state index in [-0.39, 0.29) is 11.9 Å². The molecule has 1 heterocycles. The molecule has 0 fully saturated rings. The van der Waals surface area contributed by atoms with Gasteiger partial charge in [0.25, 0.3) is 0 Å². The smallest absolute Gasteiger partial charge is 0.338 e. The second-order valence-electron chi connectivity index (χ2n) is 5.88. The molecule has 0 unspecified atom stereocenters. The first kappa shape index (κ1) is 20.1. The van der Waals surface area contributed by atoms with Crippen LogP contribution in [0.15, 0.2) is 42.5 Å². The summed E-state index contributed by atoms with van der Waals surface area (Å²) in [6, 6.07) is 12.2. The molecular weight excluding hydrogens is 400 g/mol. The van der Waals surface area contributed by atoms with Crippen LogP contribution in [0.5, 0.6) is 5.75 Å². The predicted octanol–water partition coefficient (Wildman–Crippen LogP) is 4.92. The summed E-state index contributed by atoms with van der Waals surface area (Å²) < 4.78 is 11.4. The third-order valence-corrected chi connectivity index (χ3v) is 4.96. The van der Waals surface area contributed by atoms with Gasteiger partial charge in [0, 0.05) is 11.4 Å². The molecule has 0 saturated heterocycles. The van der Waals surface area contributed by atoms with Gasteiger partial charge >= 0.3 is 5.97 Å². The number of amides is 1. The minimum absolute atomic E-state index is 0.135. The van der Waals surface area contributed by atoms with Crippen LogP contribution in [0.1, 0.15) is 30.1 Å². The number of benzene rings is 2. The number of hydrogen-bond acceptors (Lipinski definition) is 6. The Labute approximate surface area is 171 Å². The van der Waals surface area contributed by atoms with E-state index >= 15 is 0 Å². The minimum Gasteiger partial charge on any atom is -0.494 e. The molecule has 6 nitrogen and oxygen atoms in total. The van der Waals surface area contributed by atoms with Crippen molar-refractivity contribution >= 4 is 50.2 Å². The lowest BCUT2D eigenvalue weighted by Gasteiger charge is -2.06. The molecule has 8 heteroatoms. The molecule has 0 bridgehead atoms. The van der Waals surface area contributed by atoms with E-state index in [1.54, 1.807) is 49.4 Å². The number of esters is 1. The number of aromatic nitrogens is 1. The first-order valence-corrected chi connectivity index (χ1v) is 10.0. The lowest BCUT2D eigenvalue weighted by molar-refractivity contribution is -0.116. The van der Waals surface area contributed by atoms with Gasteiger partial charge in [-0.2, -0.15) is 0 Å². The van der Waals surface area contributed by atoms with Crippen molar-refractivity contribution in [3.8, 4) is 5.75 Å². The highest BCUT2D eigenvalue weighted by molar-refractivity contribution is 7.22. The highest BCUT2D eigenvalue weighted by Crippen LogP contribution is 2.27. The maximum atomic E-state index is 12.1. The third-order valence-electron chi connectivity index (χ3n) is 3.78. The van der Waals surface area contributed by atoms with Gasteiger partial charge in [-0.25, -0.2) is 9.78 Å². The van der Waals surface area contributed by atoms with Crippen molar-refractivity contribution in [1.29, 1.82) is 0 Å². The standard InChI is InChI=1S/C20H19ClN2O4S/c1-2-26-19(25)13-5-10-16-17(12-13)28-20(22-16)23-18(24)4-3-11-27-15-8-6-14(21)7-9-15/h5-10,12H,2-4,11H2,1H3,(H,22,23,24). The summed E-state index contributed by atoms with van der Waals surface area (Å²) in [6.07, 6.45) is 0.893. The number of carbonyl (C=O) groups is 2. The van der Waals surface area contributed by atoms with E-state index < -0.39 is 0 Å². The van der Waals surface area contributed by atoms with Crippen LogP contribution in [0.4, 0.5) is 5.13 Å². The Morgan fingerprint density at radius 2 is 1.96 bits per heavy atom. The molecule has 0 saturated carbocycles. The third kappa shape index (κ3) is 5.43. The van der Waals surface area contributed by atoms with E-state index in [4.69, 9.17) is 21.1 Å². The molecule has 0 spiro atoms. The van der Waals surface area contributed by atoms with Crippen molar-refractivity contribution < 1.29 is 19.1 Å². The Kier molecular flexibility index (Phi) is 6.84. The fourth-order valence-electron chi connectivity index (χ4n) is 2.45. The first-order chi connectivity index (χ1) is 13.5. The summed E-state index contributed by atoms with van der Waals surface area (Å²) in [5, 5.41) is 3.94. The monoisotopic (exact) mass is 418 g/mol. The molecule has 146 valence electrons. The molecule has 1 aromatic heterocycles. The Balaban J connectivity index is 1.50. The van der Waals surface area contributed by atoms with Crippen molar-refractivity contribution in [2.75, 3.05) is 18.5 Å². The van der Waals surface area contributed by atoms with Crippen molar-refractivity contribution in [3.05, 3.63) is 53.1 Å². The summed E-state index contributed by atoms with van der Waals surface area (Å²) in [5.74, 6) is 0.210. The summed E-state index contributed by atoms with van der Waals surface area (Å²) in [6.45, 7) is 2.51. The molecule has 3 rings (SSSR count). The second kappa shape index (κ2) is 9.52. The average molecular weight is 419 g/mol. The van der Waals surface area contributed by atoms with Crippen molar-refractivity contribution in [3.63, 3.8) is 0 Å². The van der Waals surface area contributed by atoms with Gasteiger partial charge in [0.1, 0.15) is 5.75 Å². The molecule has 0 aliphatic carbocycles. The minimum atomic E-state index is -0.371. The summed E-state index contributed by atoms with van der Waals surface area (Å²) in [4.78, 5) is 28.3. The van der Waals surface area contributed by atoms with Crippen molar-refractivity contribution in [1.82, 2.24) is 4.98 Å². The molecule has 1 N–H and O–H groups in total. The normalized spacial score (nSPS) is 10.6. The van der Waals surface area contributed by atoms with E-state index in [1.807, 2.05) is 0 Å². The van der Waals surface area contributed by atoms with Crippen LogP contribution >= 0.6 is 22.9 Å².